The lowest BCUT2D eigenvalue weighted by Gasteiger charge is -2.14. The number of halogens is 1. The zero-order valence-electron chi connectivity index (χ0n) is 20.1. The van der Waals surface area contributed by atoms with Gasteiger partial charge in [0.05, 0.1) is 34.0 Å². The third kappa shape index (κ3) is 4.90. The first-order valence-corrected chi connectivity index (χ1v) is 10.8. The number of nitrogens with zero attached hydrogens (tertiary/aromatic N) is 2. The third-order valence-electron chi connectivity index (χ3n) is 5.43. The predicted octanol–water partition coefficient (Wildman–Crippen LogP) is 5.02. The van der Waals surface area contributed by atoms with Crippen LogP contribution in [0.5, 0.6) is 23.0 Å². The molecule has 3 aromatic carbocycles. The summed E-state index contributed by atoms with van der Waals surface area (Å²) in [7, 11) is 6.12. The molecule has 0 aliphatic heterocycles. The first-order chi connectivity index (χ1) is 17.5. The van der Waals surface area contributed by atoms with E-state index in [-0.39, 0.29) is 11.3 Å². The number of rotatable bonds is 8. The molecule has 0 radical (unpaired) electrons. The van der Waals surface area contributed by atoms with Crippen LogP contribution in [0.15, 0.2) is 72.0 Å². The topological polar surface area (TPSA) is 88.5 Å². The van der Waals surface area contributed by atoms with Crippen molar-refractivity contribution in [2.24, 2.45) is 5.16 Å². The highest BCUT2D eigenvalue weighted by Crippen LogP contribution is 2.35. The number of carbonyl (C=O) groups is 1. The molecule has 0 aliphatic rings. The van der Waals surface area contributed by atoms with E-state index >= 15 is 0 Å². The zero-order valence-corrected chi connectivity index (χ0v) is 20.1. The third-order valence-corrected chi connectivity index (χ3v) is 5.43. The molecule has 0 saturated heterocycles. The fourth-order valence-electron chi connectivity index (χ4n) is 3.66. The van der Waals surface area contributed by atoms with Crippen LogP contribution in [0, 0.1) is 5.82 Å². The van der Waals surface area contributed by atoms with Crippen molar-refractivity contribution in [2.45, 2.75) is 0 Å². The Hall–Kier alpha value is -4.66. The van der Waals surface area contributed by atoms with Crippen molar-refractivity contribution in [2.75, 3.05) is 28.4 Å². The predicted molar refractivity (Wildman–Crippen MR) is 132 cm³/mol. The van der Waals surface area contributed by atoms with Gasteiger partial charge in [-0.2, -0.15) is 0 Å². The fourth-order valence-corrected chi connectivity index (χ4v) is 3.66. The first-order valence-electron chi connectivity index (χ1n) is 10.8. The van der Waals surface area contributed by atoms with Crippen LogP contribution in [0.25, 0.3) is 10.8 Å². The largest absolute Gasteiger partial charge is 0.493 e. The molecule has 9 heteroatoms. The Labute approximate surface area is 206 Å². The van der Waals surface area contributed by atoms with Gasteiger partial charge in [0.2, 0.25) is 0 Å². The summed E-state index contributed by atoms with van der Waals surface area (Å²) in [6.45, 7) is 0. The van der Waals surface area contributed by atoms with Crippen LogP contribution in [0.1, 0.15) is 21.6 Å². The molecule has 0 N–H and O–H groups in total. The lowest BCUT2D eigenvalue weighted by molar-refractivity contribution is 0.0516. The Morgan fingerprint density at radius 3 is 2.17 bits per heavy atom. The smallest absolute Gasteiger partial charge is 0.365 e. The lowest BCUT2D eigenvalue weighted by atomic mass is 10.0. The lowest BCUT2D eigenvalue weighted by Crippen LogP contribution is -2.11. The molecule has 0 fully saturated rings. The van der Waals surface area contributed by atoms with Gasteiger partial charge in [-0.15, -0.1) is 0 Å². The summed E-state index contributed by atoms with van der Waals surface area (Å²) < 4.78 is 35.3. The van der Waals surface area contributed by atoms with E-state index in [4.69, 9.17) is 23.8 Å². The zero-order chi connectivity index (χ0) is 25.7. The average molecular weight is 490 g/mol. The van der Waals surface area contributed by atoms with Crippen LogP contribution in [-0.4, -0.2) is 45.1 Å². The number of fused-ring (bicyclic) bond motifs is 1. The minimum Gasteiger partial charge on any atom is -0.493 e. The number of methoxy groups -OCH3 is 4. The van der Waals surface area contributed by atoms with Crippen molar-refractivity contribution in [3.63, 3.8) is 0 Å². The molecule has 1 aromatic heterocycles. The van der Waals surface area contributed by atoms with Gasteiger partial charge in [-0.1, -0.05) is 11.2 Å². The Morgan fingerprint density at radius 2 is 1.47 bits per heavy atom. The molecule has 0 saturated carbocycles. The maximum absolute atomic E-state index is 13.6. The maximum Gasteiger partial charge on any atom is 0.365 e. The number of carbonyl (C=O) groups excluding carboxylic acids is 1. The van der Waals surface area contributed by atoms with Crippen LogP contribution in [0.2, 0.25) is 0 Å². The molecule has 0 atom stereocenters. The molecule has 1 heterocycles. The molecule has 0 amide bonds. The van der Waals surface area contributed by atoms with Crippen molar-refractivity contribution in [3.8, 4) is 23.0 Å². The van der Waals surface area contributed by atoms with E-state index < -0.39 is 11.8 Å². The van der Waals surface area contributed by atoms with Gasteiger partial charge >= 0.3 is 5.97 Å². The summed E-state index contributed by atoms with van der Waals surface area (Å²) in [5.41, 5.74) is 1.20. The van der Waals surface area contributed by atoms with Gasteiger partial charge in [-0.25, -0.2) is 9.18 Å². The minimum absolute atomic E-state index is 0.0164. The number of oxime groups is 1. The molecule has 4 rings (SSSR count). The second kappa shape index (κ2) is 10.7. The molecular formula is C27H23FN2O6. The number of hydrogen-bond donors (Lipinski definition) is 0. The molecule has 36 heavy (non-hydrogen) atoms. The van der Waals surface area contributed by atoms with Crippen LogP contribution < -0.4 is 18.9 Å². The Balaban J connectivity index is 1.89. The summed E-state index contributed by atoms with van der Waals surface area (Å²) in [5.74, 6) is 0.595. The standard InChI is InChI=1S/C27H23FN2O6/c1-32-21-9-8-17(14-22(21)33-2)25(30-36-27(31)18-6-5-7-19(28)12-18)26-20-15-24(35-4)23(34-3)13-16(20)10-11-29-26/h5-15H,1-4H3. The Morgan fingerprint density at radius 1 is 0.778 bits per heavy atom. The van der Waals surface area contributed by atoms with E-state index in [9.17, 15) is 9.18 Å². The van der Waals surface area contributed by atoms with Gasteiger partial charge < -0.3 is 23.8 Å². The fraction of sp³-hybridized carbons (Fsp3) is 0.148. The summed E-state index contributed by atoms with van der Waals surface area (Å²) in [6, 6.07) is 15.7. The highest BCUT2D eigenvalue weighted by molar-refractivity contribution is 6.18. The van der Waals surface area contributed by atoms with E-state index in [1.54, 1.807) is 37.6 Å². The van der Waals surface area contributed by atoms with Crippen molar-refractivity contribution in [1.29, 1.82) is 0 Å². The van der Waals surface area contributed by atoms with Gasteiger partial charge in [-0.05, 0) is 60.0 Å². The summed E-state index contributed by atoms with van der Waals surface area (Å²) in [4.78, 5) is 22.4. The van der Waals surface area contributed by atoms with Crippen LogP contribution >= 0.6 is 0 Å². The summed E-state index contributed by atoms with van der Waals surface area (Å²) in [5, 5.41) is 5.63. The molecule has 184 valence electrons. The molecule has 4 aromatic rings. The number of benzene rings is 3. The average Bonchev–Trinajstić information content (AvgIpc) is 2.92. The van der Waals surface area contributed by atoms with E-state index in [0.29, 0.717) is 39.6 Å². The number of pyridine rings is 1. The van der Waals surface area contributed by atoms with Gasteiger partial charge in [-0.3, -0.25) is 4.98 Å². The van der Waals surface area contributed by atoms with Crippen LogP contribution in [0.3, 0.4) is 0 Å². The van der Waals surface area contributed by atoms with Crippen molar-refractivity contribution in [3.05, 3.63) is 89.5 Å². The van der Waals surface area contributed by atoms with E-state index in [1.807, 2.05) is 12.1 Å². The molecular weight excluding hydrogens is 467 g/mol. The normalized spacial score (nSPS) is 11.2. The van der Waals surface area contributed by atoms with Crippen molar-refractivity contribution < 1.29 is 33.0 Å². The Bertz CT molecular complexity index is 1450. The highest BCUT2D eigenvalue weighted by atomic mass is 19.1. The summed E-state index contributed by atoms with van der Waals surface area (Å²) in [6.07, 6.45) is 1.61. The minimum atomic E-state index is -0.827. The molecule has 0 unspecified atom stereocenters. The van der Waals surface area contributed by atoms with Crippen molar-refractivity contribution in [1.82, 2.24) is 4.98 Å². The second-order valence-corrected chi connectivity index (χ2v) is 7.49. The number of aromatic nitrogens is 1. The van der Waals surface area contributed by atoms with Gasteiger partial charge in [0, 0.05) is 17.1 Å². The van der Waals surface area contributed by atoms with Gasteiger partial charge in [0.25, 0.3) is 0 Å². The second-order valence-electron chi connectivity index (χ2n) is 7.49. The van der Waals surface area contributed by atoms with Gasteiger partial charge in [0.1, 0.15) is 17.2 Å². The molecule has 8 nitrogen and oxygen atoms in total. The van der Waals surface area contributed by atoms with Crippen LogP contribution in [-0.2, 0) is 4.84 Å². The van der Waals surface area contributed by atoms with E-state index in [2.05, 4.69) is 10.1 Å². The van der Waals surface area contributed by atoms with Crippen LogP contribution in [0.4, 0.5) is 4.39 Å². The molecule has 0 spiro atoms. The maximum atomic E-state index is 13.6. The molecule has 0 aliphatic carbocycles. The monoisotopic (exact) mass is 490 g/mol. The quantitative estimate of drug-likeness (QED) is 0.195. The Kier molecular flexibility index (Phi) is 7.29. The van der Waals surface area contributed by atoms with Gasteiger partial charge in [0.15, 0.2) is 23.0 Å². The SMILES string of the molecule is COc1ccc(C(=NOC(=O)c2cccc(F)c2)c2nccc3cc(OC)c(OC)cc23)cc1OC. The number of ether oxygens (including phenoxy) is 4. The van der Waals surface area contributed by atoms with Crippen molar-refractivity contribution >= 4 is 22.5 Å². The first kappa shape index (κ1) is 24.5. The molecule has 0 bridgehead atoms. The van der Waals surface area contributed by atoms with E-state index in [1.165, 1.54) is 39.5 Å². The highest BCUT2D eigenvalue weighted by Gasteiger charge is 2.19. The number of hydrogen-bond acceptors (Lipinski definition) is 8. The summed E-state index contributed by atoms with van der Waals surface area (Å²) >= 11 is 0. The van der Waals surface area contributed by atoms with E-state index in [0.717, 1.165) is 11.5 Å².